The number of nitrogens with zero attached hydrogens (tertiary/aromatic N) is 4. The summed E-state index contributed by atoms with van der Waals surface area (Å²) in [5, 5.41) is 3.55. The lowest BCUT2D eigenvalue weighted by Crippen LogP contribution is -2.58. The van der Waals surface area contributed by atoms with Crippen molar-refractivity contribution in [1.82, 2.24) is 4.57 Å². The van der Waals surface area contributed by atoms with Gasteiger partial charge < -0.3 is 4.57 Å². The topological polar surface area (TPSA) is 18.6 Å². The van der Waals surface area contributed by atoms with Crippen molar-refractivity contribution < 1.29 is 13.4 Å². The number of rotatable bonds is 0. The van der Waals surface area contributed by atoms with Crippen LogP contribution < -0.4 is 29.4 Å². The molecular formula is C42H68N4. The first-order chi connectivity index (χ1) is 21.5. The summed E-state index contributed by atoms with van der Waals surface area (Å²) in [6, 6.07) is 18.1. The van der Waals surface area contributed by atoms with E-state index in [9.17, 15) is 0 Å². The zero-order valence-electron chi connectivity index (χ0n) is 33.2. The van der Waals surface area contributed by atoms with E-state index in [0.29, 0.717) is 0 Å². The van der Waals surface area contributed by atoms with Crippen LogP contribution >= 0.6 is 0 Å². The lowest BCUT2D eigenvalue weighted by molar-refractivity contribution is -0.769. The predicted octanol–water partition coefficient (Wildman–Crippen LogP) is 7.76. The molecule has 4 nitrogen and oxygen atoms in total. The zero-order chi connectivity index (χ0) is 35.9. The highest BCUT2D eigenvalue weighted by atomic mass is 15.1. The molecule has 0 N–H and O–H groups in total. The van der Waals surface area contributed by atoms with E-state index in [0.717, 1.165) is 11.0 Å². The quantitative estimate of drug-likeness (QED) is 0.140. The SMILES string of the molecule is C=[n+]1c2cc[c-]1C=c1ccc(n1C(C)(C)C)=C(C)c1cc[c-]([n+]1C(C)(C)C)-[c-]1ccc([n+]1C(C)(C)C)C=2C.CC.CC.CC.CC. The van der Waals surface area contributed by atoms with Gasteiger partial charge in [0.1, 0.15) is 33.5 Å². The summed E-state index contributed by atoms with van der Waals surface area (Å²) in [5.41, 5.74) is 8.22. The third-order valence-corrected chi connectivity index (χ3v) is 7.79. The van der Waals surface area contributed by atoms with Crippen molar-refractivity contribution in [3.63, 3.8) is 0 Å². The third-order valence-electron chi connectivity index (χ3n) is 7.79. The smallest absolute Gasteiger partial charge is 0.141 e. The van der Waals surface area contributed by atoms with Crippen molar-refractivity contribution in [2.24, 2.45) is 0 Å². The molecule has 0 aliphatic carbocycles. The van der Waals surface area contributed by atoms with Crippen molar-refractivity contribution in [3.8, 4) is 11.4 Å². The van der Waals surface area contributed by atoms with E-state index >= 15 is 0 Å². The Balaban J connectivity index is 0.00000123. The molecule has 0 spiro atoms. The second kappa shape index (κ2) is 15.9. The van der Waals surface area contributed by atoms with Gasteiger partial charge in [-0.25, -0.2) is 0 Å². The normalized spacial score (nSPS) is 12.4. The molecule has 0 atom stereocenters. The standard InChI is InChI=1S/C34H44N4.4C2H6/c1-22-26-15-13-24(35(26)12)21-25-14-16-27(36(25)32(3,4)5)23(2)29-18-20-31(38(29)34(9,10)11)30-19-17-28(22)37(30)33(6,7)8;4*1-2/h13-21H,12H2,1-11H3;4*1-2H3. The lowest BCUT2D eigenvalue weighted by atomic mass is 10.0. The molecule has 0 unspecified atom stereocenters. The van der Waals surface area contributed by atoms with Crippen molar-refractivity contribution in [3.05, 3.63) is 88.4 Å². The summed E-state index contributed by atoms with van der Waals surface area (Å²) < 4.78 is 9.59. The van der Waals surface area contributed by atoms with Gasteiger partial charge in [0.2, 0.25) is 0 Å². The molecule has 0 saturated carbocycles. The minimum absolute atomic E-state index is 0.0965. The first-order valence-electron chi connectivity index (χ1n) is 17.7. The maximum atomic E-state index is 4.48. The summed E-state index contributed by atoms with van der Waals surface area (Å²) in [6.07, 6.45) is 2.27. The Morgan fingerprint density at radius 2 is 1.02 bits per heavy atom. The van der Waals surface area contributed by atoms with E-state index in [1.807, 2.05) is 55.4 Å². The fourth-order valence-corrected chi connectivity index (χ4v) is 6.26. The molecule has 4 aromatic heterocycles. The monoisotopic (exact) mass is 629 g/mol. The van der Waals surface area contributed by atoms with Crippen LogP contribution in [0.4, 0.5) is 0 Å². The average molecular weight is 629 g/mol. The highest BCUT2D eigenvalue weighted by Crippen LogP contribution is 2.27. The van der Waals surface area contributed by atoms with E-state index in [2.05, 4.69) is 155 Å². The second-order valence-electron chi connectivity index (χ2n) is 13.8. The van der Waals surface area contributed by atoms with Gasteiger partial charge in [-0.05, 0) is 105 Å². The molecular weight excluding hydrogens is 560 g/mol. The minimum atomic E-state index is -0.113. The van der Waals surface area contributed by atoms with Gasteiger partial charge in [-0.15, -0.1) is 24.3 Å². The Morgan fingerprint density at radius 1 is 0.587 bits per heavy atom. The fraction of sp³-hybridized carbons (Fsp3) is 0.524. The Labute approximate surface area is 282 Å². The molecule has 0 amide bonds. The Bertz CT molecular complexity index is 1790. The second-order valence-corrected chi connectivity index (χ2v) is 13.8. The summed E-state index contributed by atoms with van der Waals surface area (Å²) in [4.78, 5) is 0. The van der Waals surface area contributed by atoms with E-state index < -0.39 is 0 Å². The van der Waals surface area contributed by atoms with Crippen LogP contribution in [0.2, 0.25) is 0 Å². The molecule has 0 fully saturated rings. The molecule has 5 heterocycles. The van der Waals surface area contributed by atoms with Crippen LogP contribution in [0, 0.1) is 6.72 Å². The van der Waals surface area contributed by atoms with Gasteiger partial charge in [0.25, 0.3) is 0 Å². The lowest BCUT2D eigenvalue weighted by Gasteiger charge is -2.27. The van der Waals surface area contributed by atoms with Crippen molar-refractivity contribution in [1.29, 1.82) is 0 Å². The van der Waals surface area contributed by atoms with Crippen molar-refractivity contribution in [2.45, 2.75) is 148 Å². The molecule has 1 aliphatic heterocycles. The molecule has 4 aromatic rings. The minimum Gasteiger partial charge on any atom is -0.368 e. The van der Waals surface area contributed by atoms with Crippen LogP contribution in [-0.4, -0.2) is 4.57 Å². The number of fused-ring (bicyclic) bond motifs is 9. The maximum absolute atomic E-state index is 4.48. The Hall–Kier alpha value is -3.40. The first kappa shape index (κ1) is 40.6. The number of hydrogen-bond acceptors (Lipinski definition) is 0. The zero-order valence-corrected chi connectivity index (χ0v) is 33.2. The molecule has 8 bridgehead atoms. The van der Waals surface area contributed by atoms with Crippen LogP contribution in [0.3, 0.4) is 0 Å². The summed E-state index contributed by atoms with van der Waals surface area (Å²) >= 11 is 0. The summed E-state index contributed by atoms with van der Waals surface area (Å²) in [7, 11) is 0. The van der Waals surface area contributed by atoms with Gasteiger partial charge in [0.05, 0.1) is 18.1 Å². The van der Waals surface area contributed by atoms with E-state index in [4.69, 9.17) is 0 Å². The molecule has 256 valence electrons. The van der Waals surface area contributed by atoms with E-state index in [1.54, 1.807) is 0 Å². The van der Waals surface area contributed by atoms with Crippen molar-refractivity contribution in [2.75, 3.05) is 0 Å². The fourth-order valence-electron chi connectivity index (χ4n) is 6.26. The van der Waals surface area contributed by atoms with Gasteiger partial charge in [-0.1, -0.05) is 73.6 Å². The molecule has 0 saturated heterocycles. The van der Waals surface area contributed by atoms with Gasteiger partial charge in [0, 0.05) is 10.9 Å². The van der Waals surface area contributed by atoms with Gasteiger partial charge in [0.15, 0.2) is 0 Å². The highest BCUT2D eigenvalue weighted by Gasteiger charge is 2.32. The largest absolute Gasteiger partial charge is 0.368 e. The molecule has 0 radical (unpaired) electrons. The third kappa shape index (κ3) is 7.76. The van der Waals surface area contributed by atoms with Gasteiger partial charge in [-0.2, -0.15) is 0 Å². The molecule has 0 aromatic carbocycles. The summed E-state index contributed by atoms with van der Waals surface area (Å²) in [5.74, 6) is 0. The molecule has 5 rings (SSSR count). The van der Waals surface area contributed by atoms with Crippen LogP contribution in [0.5, 0.6) is 0 Å². The van der Waals surface area contributed by atoms with Gasteiger partial charge >= 0.3 is 0 Å². The van der Waals surface area contributed by atoms with E-state index in [1.165, 1.54) is 44.6 Å². The molecule has 4 heteroatoms. The summed E-state index contributed by atoms with van der Waals surface area (Å²) in [6.45, 7) is 45.6. The maximum Gasteiger partial charge on any atom is 0.141 e. The van der Waals surface area contributed by atoms with Gasteiger partial charge in [-0.3, -0.25) is 13.4 Å². The van der Waals surface area contributed by atoms with Crippen molar-refractivity contribution >= 4 is 17.2 Å². The van der Waals surface area contributed by atoms with E-state index in [-0.39, 0.29) is 16.6 Å². The van der Waals surface area contributed by atoms with Crippen LogP contribution in [0.25, 0.3) is 28.6 Å². The molecule has 46 heavy (non-hydrogen) atoms. The number of aromatic nitrogens is 4. The van der Waals surface area contributed by atoms with Crippen LogP contribution in [-0.2, 0) is 16.6 Å². The number of hydrogen-bond donors (Lipinski definition) is 0. The first-order valence-corrected chi connectivity index (χ1v) is 17.7. The predicted molar refractivity (Wildman–Crippen MR) is 200 cm³/mol. The van der Waals surface area contributed by atoms with Crippen LogP contribution in [0.15, 0.2) is 48.5 Å². The average Bonchev–Trinajstić information content (AvgIpc) is 3.80. The van der Waals surface area contributed by atoms with Crippen LogP contribution in [0.1, 0.15) is 149 Å². The molecule has 1 aliphatic rings. The Morgan fingerprint density at radius 3 is 1.43 bits per heavy atom. The Kier molecular flexibility index (Phi) is 14.1. The highest BCUT2D eigenvalue weighted by molar-refractivity contribution is 5.64.